The number of hydrogen-bond donors (Lipinski definition) is 1. The lowest BCUT2D eigenvalue weighted by Crippen LogP contribution is -2.40. The number of esters is 1. The summed E-state index contributed by atoms with van der Waals surface area (Å²) in [5.41, 5.74) is 0.718. The van der Waals surface area contributed by atoms with E-state index in [2.05, 4.69) is 21.2 Å². The molecule has 1 aromatic rings. The third kappa shape index (κ3) is 2.26. The number of anilines is 1. The normalized spacial score (nSPS) is 36.9. The number of halogens is 1. The number of ether oxygens (including phenoxy) is 2. The second-order valence-corrected chi connectivity index (χ2v) is 7.46. The van der Waals surface area contributed by atoms with Crippen molar-refractivity contribution in [3.63, 3.8) is 0 Å². The summed E-state index contributed by atoms with van der Waals surface area (Å²) >= 11 is 3.62. The Morgan fingerprint density at radius 2 is 2.09 bits per heavy atom. The van der Waals surface area contributed by atoms with E-state index in [1.807, 2.05) is 31.2 Å². The van der Waals surface area contributed by atoms with Gasteiger partial charge in [0.05, 0.1) is 23.3 Å². The Balaban J connectivity index is 1.50. The predicted octanol–water partition coefficient (Wildman–Crippen LogP) is 2.59. The van der Waals surface area contributed by atoms with Crippen LogP contribution in [0.4, 0.5) is 5.69 Å². The molecule has 4 rings (SSSR count). The Morgan fingerprint density at radius 1 is 1.35 bits per heavy atom. The van der Waals surface area contributed by atoms with E-state index in [1.54, 1.807) is 0 Å². The molecule has 1 aromatic carbocycles. The van der Waals surface area contributed by atoms with Gasteiger partial charge in [0, 0.05) is 11.6 Å². The molecule has 2 aliphatic carbocycles. The van der Waals surface area contributed by atoms with E-state index >= 15 is 0 Å². The molecule has 1 N–H and O–H groups in total. The van der Waals surface area contributed by atoms with E-state index < -0.39 is 0 Å². The monoisotopic (exact) mass is 379 g/mol. The molecule has 122 valence electrons. The first-order chi connectivity index (χ1) is 11.1. The van der Waals surface area contributed by atoms with Crippen LogP contribution in [0.3, 0.4) is 0 Å². The molecule has 1 aliphatic heterocycles. The first-order valence-corrected chi connectivity index (χ1v) is 8.90. The van der Waals surface area contributed by atoms with Gasteiger partial charge >= 0.3 is 5.97 Å². The Hall–Kier alpha value is -1.56. The van der Waals surface area contributed by atoms with Crippen LogP contribution in [0.15, 0.2) is 24.3 Å². The van der Waals surface area contributed by atoms with Crippen molar-refractivity contribution in [2.45, 2.75) is 24.3 Å². The lowest BCUT2D eigenvalue weighted by molar-refractivity contribution is -0.145. The van der Waals surface area contributed by atoms with Crippen LogP contribution in [-0.4, -0.2) is 29.4 Å². The second kappa shape index (κ2) is 5.51. The molecule has 0 aromatic heterocycles. The van der Waals surface area contributed by atoms with Gasteiger partial charge in [0.1, 0.15) is 11.9 Å². The third-order valence-electron chi connectivity index (χ3n) is 5.26. The minimum absolute atomic E-state index is 0.0490. The molecule has 1 saturated heterocycles. The minimum Gasteiger partial charge on any atom is -0.494 e. The minimum atomic E-state index is -0.304. The highest BCUT2D eigenvalue weighted by Gasteiger charge is 2.67. The summed E-state index contributed by atoms with van der Waals surface area (Å²) in [6.07, 6.45) is 0.838. The van der Waals surface area contributed by atoms with E-state index in [0.29, 0.717) is 6.61 Å². The number of rotatable bonds is 4. The van der Waals surface area contributed by atoms with E-state index in [0.717, 1.165) is 17.9 Å². The number of fused-ring (bicyclic) bond motifs is 1. The van der Waals surface area contributed by atoms with Gasteiger partial charge in [0.15, 0.2) is 0 Å². The van der Waals surface area contributed by atoms with Crippen LogP contribution in [0, 0.1) is 23.7 Å². The van der Waals surface area contributed by atoms with Gasteiger partial charge in [-0.1, -0.05) is 15.9 Å². The number of benzene rings is 1. The smallest absolute Gasteiger partial charge is 0.310 e. The standard InChI is InChI=1S/C17H18BrNO4/c1-2-22-9-5-3-8(4-6-9)19-16(20)12-10-7-11-13(12)17(21)23-15(11)14(10)18/h3-6,10-15H,2,7H2,1H3,(H,19,20)/t10-,11-,12-,13-,14-,15+/m1/s1. The molecular formula is C17H18BrNO4. The number of carbonyl (C=O) groups is 2. The molecule has 3 fully saturated rings. The fourth-order valence-corrected chi connectivity index (χ4v) is 5.40. The summed E-state index contributed by atoms with van der Waals surface area (Å²) in [5.74, 6) is 0.249. The van der Waals surface area contributed by atoms with E-state index in [-0.39, 0.29) is 46.5 Å². The van der Waals surface area contributed by atoms with Crippen molar-refractivity contribution in [3.8, 4) is 5.75 Å². The fourth-order valence-electron chi connectivity index (χ4n) is 4.36. The summed E-state index contributed by atoms with van der Waals surface area (Å²) in [4.78, 5) is 24.9. The lowest BCUT2D eigenvalue weighted by atomic mass is 9.79. The lowest BCUT2D eigenvalue weighted by Gasteiger charge is -2.27. The quantitative estimate of drug-likeness (QED) is 0.644. The molecule has 2 bridgehead atoms. The first kappa shape index (κ1) is 15.0. The Kier molecular flexibility index (Phi) is 3.59. The summed E-state index contributed by atoms with van der Waals surface area (Å²) in [7, 11) is 0. The number of hydrogen-bond acceptors (Lipinski definition) is 4. The summed E-state index contributed by atoms with van der Waals surface area (Å²) in [6.45, 7) is 2.53. The van der Waals surface area contributed by atoms with Gasteiger partial charge in [-0.25, -0.2) is 0 Å². The first-order valence-electron chi connectivity index (χ1n) is 7.98. The zero-order valence-electron chi connectivity index (χ0n) is 12.7. The molecular weight excluding hydrogens is 362 g/mol. The van der Waals surface area contributed by atoms with Gasteiger partial charge in [-0.15, -0.1) is 0 Å². The topological polar surface area (TPSA) is 64.6 Å². The van der Waals surface area contributed by atoms with Crippen molar-refractivity contribution in [2.75, 3.05) is 11.9 Å². The largest absolute Gasteiger partial charge is 0.494 e. The predicted molar refractivity (Wildman–Crippen MR) is 87.4 cm³/mol. The van der Waals surface area contributed by atoms with Crippen LogP contribution in [-0.2, 0) is 14.3 Å². The van der Waals surface area contributed by atoms with Crippen LogP contribution in [0.2, 0.25) is 0 Å². The van der Waals surface area contributed by atoms with E-state index in [9.17, 15) is 9.59 Å². The zero-order valence-corrected chi connectivity index (χ0v) is 14.3. The maximum absolute atomic E-state index is 12.7. The number of carbonyl (C=O) groups excluding carboxylic acids is 2. The highest BCUT2D eigenvalue weighted by molar-refractivity contribution is 9.09. The average molecular weight is 380 g/mol. The van der Waals surface area contributed by atoms with Gasteiger partial charge in [-0.05, 0) is 43.5 Å². The average Bonchev–Trinajstić information content (AvgIpc) is 3.13. The van der Waals surface area contributed by atoms with Crippen molar-refractivity contribution in [2.24, 2.45) is 23.7 Å². The maximum Gasteiger partial charge on any atom is 0.310 e. The molecule has 0 radical (unpaired) electrons. The van der Waals surface area contributed by atoms with Gasteiger partial charge in [0.25, 0.3) is 0 Å². The molecule has 3 aliphatic rings. The van der Waals surface area contributed by atoms with E-state index in [4.69, 9.17) is 9.47 Å². The van der Waals surface area contributed by atoms with Crippen molar-refractivity contribution in [3.05, 3.63) is 24.3 Å². The highest BCUT2D eigenvalue weighted by Crippen LogP contribution is 2.60. The van der Waals surface area contributed by atoms with Crippen LogP contribution in [0.5, 0.6) is 5.75 Å². The molecule has 0 spiro atoms. The molecule has 2 saturated carbocycles. The summed E-state index contributed by atoms with van der Waals surface area (Å²) < 4.78 is 10.8. The molecule has 5 nitrogen and oxygen atoms in total. The van der Waals surface area contributed by atoms with Gasteiger partial charge in [-0.2, -0.15) is 0 Å². The summed E-state index contributed by atoms with van der Waals surface area (Å²) in [5, 5.41) is 2.94. The van der Waals surface area contributed by atoms with Crippen LogP contribution in [0.1, 0.15) is 13.3 Å². The third-order valence-corrected chi connectivity index (χ3v) is 6.46. The Morgan fingerprint density at radius 3 is 2.78 bits per heavy atom. The molecule has 6 atom stereocenters. The summed E-state index contributed by atoms with van der Waals surface area (Å²) in [6, 6.07) is 7.29. The van der Waals surface area contributed by atoms with Gasteiger partial charge in [0.2, 0.25) is 5.91 Å². The maximum atomic E-state index is 12.7. The van der Waals surface area contributed by atoms with Gasteiger partial charge < -0.3 is 14.8 Å². The molecule has 1 heterocycles. The van der Waals surface area contributed by atoms with E-state index in [1.165, 1.54) is 0 Å². The number of alkyl halides is 1. The van der Waals surface area contributed by atoms with Crippen LogP contribution in [0.25, 0.3) is 0 Å². The Labute approximate surface area is 142 Å². The van der Waals surface area contributed by atoms with Crippen molar-refractivity contribution in [1.82, 2.24) is 0 Å². The number of amides is 1. The molecule has 1 amide bonds. The SMILES string of the molecule is CCOc1ccc(NC(=O)[C@@H]2[C@H]3C[C@H]4[C@H](OC(=O)[C@H]42)[C@@H]3Br)cc1. The van der Waals surface area contributed by atoms with Crippen LogP contribution < -0.4 is 10.1 Å². The molecule has 23 heavy (non-hydrogen) atoms. The highest BCUT2D eigenvalue weighted by atomic mass is 79.9. The van der Waals surface area contributed by atoms with Crippen molar-refractivity contribution < 1.29 is 19.1 Å². The Bertz CT molecular complexity index is 646. The van der Waals surface area contributed by atoms with Gasteiger partial charge in [-0.3, -0.25) is 9.59 Å². The number of nitrogens with one attached hydrogen (secondary N) is 1. The molecule has 6 heteroatoms. The van der Waals surface area contributed by atoms with Crippen molar-refractivity contribution in [1.29, 1.82) is 0 Å². The molecule has 0 unspecified atom stereocenters. The van der Waals surface area contributed by atoms with Crippen molar-refractivity contribution >= 4 is 33.5 Å². The second-order valence-electron chi connectivity index (χ2n) is 6.41. The fraction of sp³-hybridized carbons (Fsp3) is 0.529. The van der Waals surface area contributed by atoms with Crippen LogP contribution >= 0.6 is 15.9 Å². The zero-order chi connectivity index (χ0) is 16.1.